The van der Waals surface area contributed by atoms with Crippen LogP contribution in [0.1, 0.15) is 18.4 Å². The van der Waals surface area contributed by atoms with E-state index in [2.05, 4.69) is 16.7 Å². The van der Waals surface area contributed by atoms with E-state index < -0.39 is 4.92 Å². The number of nitrogens with zero attached hydrogens (tertiary/aromatic N) is 2. The van der Waals surface area contributed by atoms with Crippen LogP contribution in [0, 0.1) is 33.8 Å². The zero-order valence-electron chi connectivity index (χ0n) is 11.7. The van der Waals surface area contributed by atoms with Gasteiger partial charge in [-0.25, -0.2) is 0 Å². The highest BCUT2D eigenvalue weighted by Gasteiger charge is 2.38. The summed E-state index contributed by atoms with van der Waals surface area (Å²) in [6.07, 6.45) is 2.17. The predicted molar refractivity (Wildman–Crippen MR) is 78.6 cm³/mol. The van der Waals surface area contributed by atoms with Crippen LogP contribution in [0.2, 0.25) is 0 Å². The first-order chi connectivity index (χ1) is 10.2. The maximum absolute atomic E-state index is 10.6. The van der Waals surface area contributed by atoms with Crippen molar-refractivity contribution in [2.45, 2.75) is 18.9 Å². The number of nitro groups is 1. The second kappa shape index (κ2) is 5.84. The van der Waals surface area contributed by atoms with E-state index in [0.717, 1.165) is 31.5 Å². The van der Waals surface area contributed by atoms with Crippen molar-refractivity contribution in [3.05, 3.63) is 39.9 Å². The monoisotopic (exact) mass is 286 g/mol. The number of non-ortho nitro benzene ring substituents is 1. The quantitative estimate of drug-likeness (QED) is 0.510. The Hall–Kier alpha value is -1.90. The molecule has 4 atom stereocenters. The Morgan fingerprint density at radius 1 is 1.38 bits per heavy atom. The lowest BCUT2D eigenvalue weighted by Gasteiger charge is -2.47. The summed E-state index contributed by atoms with van der Waals surface area (Å²) in [5.74, 6) is 7.37. The van der Waals surface area contributed by atoms with Crippen molar-refractivity contribution in [1.82, 2.24) is 4.90 Å². The lowest BCUT2D eigenvalue weighted by molar-refractivity contribution is -0.384. The van der Waals surface area contributed by atoms with E-state index in [0.29, 0.717) is 17.9 Å². The highest BCUT2D eigenvalue weighted by molar-refractivity contribution is 5.41. The summed E-state index contributed by atoms with van der Waals surface area (Å²) >= 11 is 0. The molecule has 0 aliphatic carbocycles. The Morgan fingerprint density at radius 3 is 2.71 bits per heavy atom. The van der Waals surface area contributed by atoms with Crippen LogP contribution in [0.25, 0.3) is 0 Å². The van der Waals surface area contributed by atoms with E-state index in [4.69, 9.17) is 0 Å². The number of aliphatic hydroxyl groups excluding tert-OH is 1. The van der Waals surface area contributed by atoms with E-state index in [-0.39, 0.29) is 12.3 Å². The van der Waals surface area contributed by atoms with Gasteiger partial charge in [0.25, 0.3) is 5.69 Å². The molecule has 2 bridgehead atoms. The third kappa shape index (κ3) is 2.92. The first kappa shape index (κ1) is 14.1. The standard InChI is InChI=1S/C16H18N2O3/c19-11-16-9-13-7-8-17(16)10-14(13)4-1-12-2-5-15(6-3-12)18(20)21/h2-3,5-6,13-14,16,19H,7-11H2/t13-,14-,16-/m0/s1. The van der Waals surface area contributed by atoms with Gasteiger partial charge < -0.3 is 5.11 Å². The highest BCUT2D eigenvalue weighted by atomic mass is 16.6. The van der Waals surface area contributed by atoms with E-state index in [9.17, 15) is 15.2 Å². The van der Waals surface area contributed by atoms with Crippen LogP contribution in [0.5, 0.6) is 0 Å². The average Bonchev–Trinajstić information content (AvgIpc) is 2.53. The second-order valence-corrected chi connectivity index (χ2v) is 5.80. The lowest BCUT2D eigenvalue weighted by Crippen LogP contribution is -2.54. The van der Waals surface area contributed by atoms with Crippen molar-refractivity contribution in [3.63, 3.8) is 0 Å². The summed E-state index contributed by atoms with van der Waals surface area (Å²) in [4.78, 5) is 12.5. The van der Waals surface area contributed by atoms with Crippen molar-refractivity contribution in [2.75, 3.05) is 19.7 Å². The van der Waals surface area contributed by atoms with Gasteiger partial charge in [0.15, 0.2) is 0 Å². The Balaban J connectivity index is 1.69. The molecule has 3 saturated heterocycles. The topological polar surface area (TPSA) is 66.6 Å². The molecule has 3 aliphatic heterocycles. The molecule has 4 rings (SSSR count). The van der Waals surface area contributed by atoms with Crippen molar-refractivity contribution in [2.24, 2.45) is 11.8 Å². The molecule has 5 heteroatoms. The molecule has 0 aromatic heterocycles. The van der Waals surface area contributed by atoms with Gasteiger partial charge in [0.2, 0.25) is 0 Å². The van der Waals surface area contributed by atoms with Gasteiger partial charge in [-0.2, -0.15) is 0 Å². The van der Waals surface area contributed by atoms with Crippen LogP contribution in [0.15, 0.2) is 24.3 Å². The van der Waals surface area contributed by atoms with Gasteiger partial charge in [-0.15, -0.1) is 0 Å². The molecule has 1 unspecified atom stereocenters. The Bertz CT molecular complexity index is 588. The van der Waals surface area contributed by atoms with E-state index in [1.165, 1.54) is 12.1 Å². The fourth-order valence-corrected chi connectivity index (χ4v) is 3.33. The average molecular weight is 286 g/mol. The van der Waals surface area contributed by atoms with Gasteiger partial charge in [-0.3, -0.25) is 15.0 Å². The molecule has 0 spiro atoms. The maximum atomic E-state index is 10.6. The lowest BCUT2D eigenvalue weighted by atomic mass is 9.76. The van der Waals surface area contributed by atoms with Crippen molar-refractivity contribution >= 4 is 5.69 Å². The third-order valence-electron chi connectivity index (χ3n) is 4.57. The minimum Gasteiger partial charge on any atom is -0.395 e. The molecule has 3 heterocycles. The van der Waals surface area contributed by atoms with Crippen LogP contribution in [0.4, 0.5) is 5.69 Å². The van der Waals surface area contributed by atoms with Gasteiger partial charge in [0, 0.05) is 36.2 Å². The van der Waals surface area contributed by atoms with Crippen LogP contribution >= 0.6 is 0 Å². The Labute approximate surface area is 123 Å². The number of fused-ring (bicyclic) bond motifs is 3. The molecule has 0 saturated carbocycles. The normalized spacial score (nSPS) is 30.5. The molecule has 3 fully saturated rings. The number of piperidine rings is 3. The molecule has 21 heavy (non-hydrogen) atoms. The molecule has 1 N–H and O–H groups in total. The molecule has 5 nitrogen and oxygen atoms in total. The number of hydrogen-bond acceptors (Lipinski definition) is 4. The number of rotatable bonds is 2. The summed E-state index contributed by atoms with van der Waals surface area (Å²) in [6.45, 7) is 2.22. The molecule has 1 aromatic rings. The molecular weight excluding hydrogens is 268 g/mol. The number of benzene rings is 1. The first-order valence-corrected chi connectivity index (χ1v) is 7.28. The number of aliphatic hydroxyl groups is 1. The summed E-state index contributed by atoms with van der Waals surface area (Å²) in [5.41, 5.74) is 0.907. The van der Waals surface area contributed by atoms with Gasteiger partial charge in [-0.05, 0) is 37.4 Å². The molecule has 0 radical (unpaired) electrons. The minimum absolute atomic E-state index is 0.0918. The summed E-state index contributed by atoms with van der Waals surface area (Å²) < 4.78 is 0. The number of hydrogen-bond donors (Lipinski definition) is 1. The molecule has 3 aliphatic rings. The smallest absolute Gasteiger partial charge is 0.269 e. The van der Waals surface area contributed by atoms with Gasteiger partial charge in [-0.1, -0.05) is 11.8 Å². The summed E-state index contributed by atoms with van der Waals surface area (Å²) in [6, 6.07) is 6.68. The van der Waals surface area contributed by atoms with Crippen LogP contribution in [-0.2, 0) is 0 Å². The van der Waals surface area contributed by atoms with Crippen LogP contribution < -0.4 is 0 Å². The Morgan fingerprint density at radius 2 is 2.14 bits per heavy atom. The van der Waals surface area contributed by atoms with Gasteiger partial charge in [0.05, 0.1) is 11.5 Å². The minimum atomic E-state index is -0.403. The maximum Gasteiger partial charge on any atom is 0.269 e. The molecule has 110 valence electrons. The fourth-order valence-electron chi connectivity index (χ4n) is 3.33. The van der Waals surface area contributed by atoms with E-state index in [1.807, 2.05) is 0 Å². The summed E-state index contributed by atoms with van der Waals surface area (Å²) in [7, 11) is 0. The SMILES string of the molecule is O=[N+]([O-])c1ccc(C#C[C@H]2CN3CC[C@H]2C[C@H]3CO)cc1. The predicted octanol–water partition coefficient (Wildman–Crippen LogP) is 1.65. The van der Waals surface area contributed by atoms with E-state index in [1.54, 1.807) is 12.1 Å². The van der Waals surface area contributed by atoms with Crippen molar-refractivity contribution in [3.8, 4) is 11.8 Å². The molecule has 1 aromatic carbocycles. The molecular formula is C16H18N2O3. The van der Waals surface area contributed by atoms with Crippen molar-refractivity contribution < 1.29 is 10.0 Å². The third-order valence-corrected chi connectivity index (χ3v) is 4.57. The zero-order chi connectivity index (χ0) is 14.8. The van der Waals surface area contributed by atoms with Crippen molar-refractivity contribution in [1.29, 1.82) is 0 Å². The Kier molecular flexibility index (Phi) is 3.91. The van der Waals surface area contributed by atoms with Crippen LogP contribution in [0.3, 0.4) is 0 Å². The van der Waals surface area contributed by atoms with E-state index >= 15 is 0 Å². The van der Waals surface area contributed by atoms with Crippen LogP contribution in [-0.4, -0.2) is 40.7 Å². The van der Waals surface area contributed by atoms with Gasteiger partial charge >= 0.3 is 0 Å². The zero-order valence-corrected chi connectivity index (χ0v) is 11.7. The fraction of sp³-hybridized carbons (Fsp3) is 0.500. The highest BCUT2D eigenvalue weighted by Crippen LogP contribution is 2.35. The van der Waals surface area contributed by atoms with Gasteiger partial charge in [0.1, 0.15) is 0 Å². The second-order valence-electron chi connectivity index (χ2n) is 5.80. The first-order valence-electron chi connectivity index (χ1n) is 7.28. The number of nitro benzene ring substituents is 1. The largest absolute Gasteiger partial charge is 0.395 e. The molecule has 0 amide bonds. The summed E-state index contributed by atoms with van der Waals surface area (Å²) in [5, 5.41) is 20.0.